The summed E-state index contributed by atoms with van der Waals surface area (Å²) < 4.78 is 0. The van der Waals surface area contributed by atoms with Gasteiger partial charge in [-0.15, -0.1) is 11.8 Å². The van der Waals surface area contributed by atoms with E-state index in [4.69, 9.17) is 16.7 Å². The van der Waals surface area contributed by atoms with Crippen LogP contribution in [0.4, 0.5) is 0 Å². The average molecular weight is 217 g/mol. The van der Waals surface area contributed by atoms with Crippen LogP contribution in [0.15, 0.2) is 23.1 Å². The van der Waals surface area contributed by atoms with E-state index in [1.165, 1.54) is 11.8 Å². The summed E-state index contributed by atoms with van der Waals surface area (Å²) in [5.74, 6) is 0.571. The van der Waals surface area contributed by atoms with Crippen LogP contribution in [-0.4, -0.2) is 23.8 Å². The normalized spacial score (nSPS) is 10.0. The number of aliphatic hydroxyl groups is 1. The summed E-state index contributed by atoms with van der Waals surface area (Å²) in [5.41, 5.74) is 0.502. The molecule has 0 aliphatic rings. The first-order valence-electron chi connectivity index (χ1n) is 3.77. The predicted molar refractivity (Wildman–Crippen MR) is 54.6 cm³/mol. The SMILES string of the molecule is O=Cc1c(Cl)cccc1SCCO. The second-order valence-electron chi connectivity index (χ2n) is 2.34. The lowest BCUT2D eigenvalue weighted by molar-refractivity contribution is 0.112. The third kappa shape index (κ3) is 2.72. The van der Waals surface area contributed by atoms with Crippen molar-refractivity contribution in [3.63, 3.8) is 0 Å². The van der Waals surface area contributed by atoms with Crippen LogP contribution in [0, 0.1) is 0 Å². The quantitative estimate of drug-likeness (QED) is 0.620. The highest BCUT2D eigenvalue weighted by molar-refractivity contribution is 7.99. The number of hydrogen-bond donors (Lipinski definition) is 1. The Morgan fingerprint density at radius 3 is 2.92 bits per heavy atom. The molecule has 0 amide bonds. The molecular weight excluding hydrogens is 208 g/mol. The third-order valence-electron chi connectivity index (χ3n) is 1.48. The first-order chi connectivity index (χ1) is 6.29. The van der Waals surface area contributed by atoms with Crippen LogP contribution in [-0.2, 0) is 0 Å². The van der Waals surface area contributed by atoms with E-state index >= 15 is 0 Å². The Balaban J connectivity index is 2.91. The van der Waals surface area contributed by atoms with Crippen LogP contribution in [0.25, 0.3) is 0 Å². The van der Waals surface area contributed by atoms with Gasteiger partial charge in [-0.25, -0.2) is 0 Å². The van der Waals surface area contributed by atoms with E-state index < -0.39 is 0 Å². The standard InChI is InChI=1S/C9H9ClO2S/c10-8-2-1-3-9(7(8)6-12)13-5-4-11/h1-3,6,11H,4-5H2. The second kappa shape index (κ2) is 5.27. The van der Waals surface area contributed by atoms with Crippen LogP contribution < -0.4 is 0 Å². The molecule has 0 aliphatic carbocycles. The highest BCUT2D eigenvalue weighted by Gasteiger charge is 2.05. The van der Waals surface area contributed by atoms with Gasteiger partial charge in [0.15, 0.2) is 6.29 Å². The van der Waals surface area contributed by atoms with Crippen LogP contribution in [0.3, 0.4) is 0 Å². The smallest absolute Gasteiger partial charge is 0.152 e. The van der Waals surface area contributed by atoms with Crippen molar-refractivity contribution < 1.29 is 9.90 Å². The molecule has 0 heterocycles. The number of thioether (sulfide) groups is 1. The van der Waals surface area contributed by atoms with Crippen LogP contribution in [0.5, 0.6) is 0 Å². The molecule has 1 aromatic rings. The lowest BCUT2D eigenvalue weighted by atomic mass is 10.2. The van der Waals surface area contributed by atoms with Gasteiger partial charge in [0.2, 0.25) is 0 Å². The number of hydrogen-bond acceptors (Lipinski definition) is 3. The molecule has 0 saturated carbocycles. The zero-order valence-electron chi connectivity index (χ0n) is 6.87. The summed E-state index contributed by atoms with van der Waals surface area (Å²) in [6.07, 6.45) is 0.738. The Hall–Kier alpha value is -0.510. The maximum atomic E-state index is 10.7. The second-order valence-corrected chi connectivity index (χ2v) is 3.89. The zero-order valence-corrected chi connectivity index (χ0v) is 8.44. The number of aldehydes is 1. The molecular formula is C9H9ClO2S. The van der Waals surface area contributed by atoms with E-state index in [1.54, 1.807) is 12.1 Å². The van der Waals surface area contributed by atoms with E-state index in [2.05, 4.69) is 0 Å². The van der Waals surface area contributed by atoms with Gasteiger partial charge in [-0.1, -0.05) is 17.7 Å². The molecule has 0 bridgehead atoms. The lowest BCUT2D eigenvalue weighted by Crippen LogP contribution is -1.90. The van der Waals surface area contributed by atoms with E-state index in [0.717, 1.165) is 11.2 Å². The molecule has 0 atom stereocenters. The molecule has 1 aromatic carbocycles. The number of carbonyl (C=O) groups is 1. The Morgan fingerprint density at radius 2 is 2.31 bits per heavy atom. The summed E-state index contributed by atoms with van der Waals surface area (Å²) in [7, 11) is 0. The van der Waals surface area contributed by atoms with Crippen LogP contribution in [0.1, 0.15) is 10.4 Å². The fraction of sp³-hybridized carbons (Fsp3) is 0.222. The van der Waals surface area contributed by atoms with Gasteiger partial charge in [-0.2, -0.15) is 0 Å². The Kier molecular flexibility index (Phi) is 4.28. The minimum absolute atomic E-state index is 0.0927. The van der Waals surface area contributed by atoms with Crippen molar-refractivity contribution in [2.45, 2.75) is 4.90 Å². The van der Waals surface area contributed by atoms with Crippen molar-refractivity contribution in [1.29, 1.82) is 0 Å². The predicted octanol–water partition coefficient (Wildman–Crippen LogP) is 2.24. The van der Waals surface area contributed by atoms with E-state index in [-0.39, 0.29) is 6.61 Å². The zero-order chi connectivity index (χ0) is 9.68. The molecule has 0 radical (unpaired) electrons. The molecule has 13 heavy (non-hydrogen) atoms. The fourth-order valence-corrected chi connectivity index (χ4v) is 1.99. The fourth-order valence-electron chi connectivity index (χ4n) is 0.913. The van der Waals surface area contributed by atoms with Gasteiger partial charge in [0, 0.05) is 16.2 Å². The molecule has 0 saturated heterocycles. The minimum atomic E-state index is 0.0927. The van der Waals surface area contributed by atoms with Gasteiger partial charge in [-0.3, -0.25) is 4.79 Å². The third-order valence-corrected chi connectivity index (χ3v) is 2.86. The number of aliphatic hydroxyl groups excluding tert-OH is 1. The molecule has 1 rings (SSSR count). The largest absolute Gasteiger partial charge is 0.396 e. The molecule has 2 nitrogen and oxygen atoms in total. The van der Waals surface area contributed by atoms with Crippen molar-refractivity contribution in [3.8, 4) is 0 Å². The first-order valence-corrected chi connectivity index (χ1v) is 5.13. The van der Waals surface area contributed by atoms with Crippen LogP contribution in [0.2, 0.25) is 5.02 Å². The monoisotopic (exact) mass is 216 g/mol. The summed E-state index contributed by atoms with van der Waals surface area (Å²) in [5, 5.41) is 9.07. The van der Waals surface area contributed by atoms with Crippen molar-refractivity contribution in [2.75, 3.05) is 12.4 Å². The number of carbonyl (C=O) groups excluding carboxylic acids is 1. The molecule has 1 N–H and O–H groups in total. The maximum Gasteiger partial charge on any atom is 0.152 e. The van der Waals surface area contributed by atoms with Gasteiger partial charge >= 0.3 is 0 Å². The summed E-state index contributed by atoms with van der Waals surface area (Å²) >= 11 is 7.22. The van der Waals surface area contributed by atoms with Crippen LogP contribution >= 0.6 is 23.4 Å². The molecule has 4 heteroatoms. The molecule has 0 fully saturated rings. The summed E-state index contributed by atoms with van der Waals surface area (Å²) in [6, 6.07) is 5.28. The van der Waals surface area contributed by atoms with Gasteiger partial charge in [0.1, 0.15) is 0 Å². The molecule has 0 aliphatic heterocycles. The highest BCUT2D eigenvalue weighted by atomic mass is 35.5. The number of rotatable bonds is 4. The molecule has 0 spiro atoms. The van der Waals surface area contributed by atoms with Crippen molar-refractivity contribution in [1.82, 2.24) is 0 Å². The van der Waals surface area contributed by atoms with E-state index in [1.807, 2.05) is 6.07 Å². The van der Waals surface area contributed by atoms with Gasteiger partial charge in [0.05, 0.1) is 11.6 Å². The van der Waals surface area contributed by atoms with Crippen molar-refractivity contribution >= 4 is 29.6 Å². The highest BCUT2D eigenvalue weighted by Crippen LogP contribution is 2.26. The summed E-state index contributed by atoms with van der Waals surface area (Å²) in [4.78, 5) is 11.5. The van der Waals surface area contributed by atoms with Gasteiger partial charge < -0.3 is 5.11 Å². The van der Waals surface area contributed by atoms with Crippen molar-refractivity contribution in [3.05, 3.63) is 28.8 Å². The molecule has 0 aromatic heterocycles. The molecule has 70 valence electrons. The lowest BCUT2D eigenvalue weighted by Gasteiger charge is -2.03. The summed E-state index contributed by atoms with van der Waals surface area (Å²) in [6.45, 7) is 0.0927. The number of halogens is 1. The molecule has 0 unspecified atom stereocenters. The minimum Gasteiger partial charge on any atom is -0.396 e. The van der Waals surface area contributed by atoms with Gasteiger partial charge in [-0.05, 0) is 12.1 Å². The van der Waals surface area contributed by atoms with Gasteiger partial charge in [0.25, 0.3) is 0 Å². The average Bonchev–Trinajstić information content (AvgIpc) is 2.15. The van der Waals surface area contributed by atoms with Crippen molar-refractivity contribution in [2.24, 2.45) is 0 Å². The van der Waals surface area contributed by atoms with E-state index in [0.29, 0.717) is 16.3 Å². The Morgan fingerprint density at radius 1 is 1.54 bits per heavy atom. The first kappa shape index (κ1) is 10.6. The number of benzene rings is 1. The Labute approximate surface area is 85.9 Å². The maximum absolute atomic E-state index is 10.7. The Bertz CT molecular complexity index is 302. The van der Waals surface area contributed by atoms with E-state index in [9.17, 15) is 4.79 Å². The topological polar surface area (TPSA) is 37.3 Å².